The molecule has 0 saturated heterocycles. The van der Waals surface area contributed by atoms with Crippen LogP contribution < -0.4 is 4.57 Å². The first-order chi connectivity index (χ1) is 26.3. The quantitative estimate of drug-likeness (QED) is 0.0475. The lowest BCUT2D eigenvalue weighted by Crippen LogP contribution is -2.34. The fourth-order valence-electron chi connectivity index (χ4n) is 8.42. The molecule has 0 saturated carbocycles. The summed E-state index contributed by atoms with van der Waals surface area (Å²) in [6.45, 7) is 5.75. The van der Waals surface area contributed by atoms with E-state index in [0.29, 0.717) is 0 Å². The second-order valence-electron chi connectivity index (χ2n) is 17.1. The SMILES string of the molecule is CCCCCCCCCCCCCCCCCCCc1cc[n+](CCCc2ccccc2)cc1CCCCCCCCCCCCCCCCCCC. The first-order valence-corrected chi connectivity index (χ1v) is 24.4. The second-order valence-corrected chi connectivity index (χ2v) is 17.1. The summed E-state index contributed by atoms with van der Waals surface area (Å²) in [6.07, 6.45) is 59.0. The minimum Gasteiger partial charge on any atom is -0.205 e. The smallest absolute Gasteiger partial charge is 0.172 e. The van der Waals surface area contributed by atoms with Gasteiger partial charge in [-0.3, -0.25) is 0 Å². The van der Waals surface area contributed by atoms with Gasteiger partial charge in [0, 0.05) is 18.1 Å². The lowest BCUT2D eigenvalue weighted by atomic mass is 9.97. The van der Waals surface area contributed by atoms with Crippen LogP contribution in [0.25, 0.3) is 0 Å². The normalized spacial score (nSPS) is 11.5. The van der Waals surface area contributed by atoms with Crippen molar-refractivity contribution < 1.29 is 4.57 Å². The van der Waals surface area contributed by atoms with E-state index in [1.54, 1.807) is 11.1 Å². The molecule has 1 aromatic carbocycles. The Bertz CT molecular complexity index is 1010. The Labute approximate surface area is 333 Å². The summed E-state index contributed by atoms with van der Waals surface area (Å²) in [4.78, 5) is 0. The van der Waals surface area contributed by atoms with Gasteiger partial charge in [0.25, 0.3) is 0 Å². The molecule has 0 aliphatic carbocycles. The Kier molecular flexibility index (Phi) is 33.4. The van der Waals surface area contributed by atoms with Crippen molar-refractivity contribution >= 4 is 0 Å². The maximum absolute atomic E-state index is 2.53. The maximum Gasteiger partial charge on any atom is 0.172 e. The number of benzene rings is 1. The van der Waals surface area contributed by atoms with E-state index in [0.717, 1.165) is 6.54 Å². The topological polar surface area (TPSA) is 3.88 Å². The fourth-order valence-corrected chi connectivity index (χ4v) is 8.42. The number of nitrogens with zero attached hydrogens (tertiary/aromatic N) is 1. The van der Waals surface area contributed by atoms with E-state index in [1.165, 1.54) is 250 Å². The summed E-state index contributed by atoms with van der Waals surface area (Å²) in [5.41, 5.74) is 4.75. The molecule has 1 aromatic heterocycles. The number of aryl methyl sites for hydroxylation is 4. The van der Waals surface area contributed by atoms with Crippen LogP contribution in [0, 0.1) is 0 Å². The van der Waals surface area contributed by atoms with Crippen LogP contribution in [0.4, 0.5) is 0 Å². The summed E-state index contributed by atoms with van der Waals surface area (Å²) in [6, 6.07) is 13.5. The van der Waals surface area contributed by atoms with Gasteiger partial charge in [0.1, 0.15) is 6.54 Å². The molecule has 0 fully saturated rings. The van der Waals surface area contributed by atoms with Crippen LogP contribution >= 0.6 is 0 Å². The lowest BCUT2D eigenvalue weighted by Gasteiger charge is -2.10. The van der Waals surface area contributed by atoms with E-state index >= 15 is 0 Å². The van der Waals surface area contributed by atoms with Crippen molar-refractivity contribution in [3.05, 3.63) is 65.5 Å². The standard InChI is InChI=1S/C52H92N/c1-3-5-7-9-11-13-15-17-19-21-23-25-27-29-31-33-38-44-51-46-48-53(47-40-43-50-41-36-35-37-42-50)49-52(51)45-39-34-32-30-28-26-24-22-20-18-16-14-12-10-8-6-4-2/h35-37,41-42,46,48-49H,3-34,38-40,43-45,47H2,1-2H3/q+1. The number of hydrogen-bond acceptors (Lipinski definition) is 0. The average Bonchev–Trinajstić information content (AvgIpc) is 3.18. The predicted molar refractivity (Wildman–Crippen MR) is 237 cm³/mol. The Balaban J connectivity index is 1.56. The monoisotopic (exact) mass is 731 g/mol. The maximum atomic E-state index is 2.53. The molecule has 0 atom stereocenters. The third-order valence-corrected chi connectivity index (χ3v) is 12.0. The highest BCUT2D eigenvalue weighted by molar-refractivity contribution is 5.21. The van der Waals surface area contributed by atoms with E-state index in [1.807, 2.05) is 0 Å². The number of aromatic nitrogens is 1. The molecular weight excluding hydrogens is 639 g/mol. The molecule has 0 radical (unpaired) electrons. The zero-order chi connectivity index (χ0) is 37.5. The van der Waals surface area contributed by atoms with Crippen molar-refractivity contribution in [1.82, 2.24) is 0 Å². The molecule has 0 unspecified atom stereocenters. The lowest BCUT2D eigenvalue weighted by molar-refractivity contribution is -0.697. The Morgan fingerprint density at radius 1 is 0.321 bits per heavy atom. The summed E-state index contributed by atoms with van der Waals surface area (Å²) < 4.78 is 2.49. The van der Waals surface area contributed by atoms with Crippen molar-refractivity contribution in [3.63, 3.8) is 0 Å². The van der Waals surface area contributed by atoms with Crippen LogP contribution in [0.2, 0.25) is 0 Å². The van der Waals surface area contributed by atoms with Crippen LogP contribution in [0.5, 0.6) is 0 Å². The van der Waals surface area contributed by atoms with Gasteiger partial charge in [-0.2, -0.15) is 0 Å². The van der Waals surface area contributed by atoms with Crippen molar-refractivity contribution in [3.8, 4) is 0 Å². The first-order valence-electron chi connectivity index (χ1n) is 24.4. The molecule has 0 spiro atoms. The van der Waals surface area contributed by atoms with E-state index in [2.05, 4.69) is 67.2 Å². The van der Waals surface area contributed by atoms with E-state index in [4.69, 9.17) is 0 Å². The number of pyridine rings is 1. The zero-order valence-electron chi connectivity index (χ0n) is 36.1. The van der Waals surface area contributed by atoms with Gasteiger partial charge in [-0.15, -0.1) is 0 Å². The molecule has 0 aliphatic heterocycles. The second kappa shape index (κ2) is 37.3. The van der Waals surface area contributed by atoms with Crippen molar-refractivity contribution in [1.29, 1.82) is 0 Å². The number of rotatable bonds is 40. The molecule has 1 heterocycles. The summed E-state index contributed by atoms with van der Waals surface area (Å²) >= 11 is 0. The third-order valence-electron chi connectivity index (χ3n) is 12.0. The first kappa shape index (κ1) is 47.5. The molecule has 0 amide bonds. The molecule has 304 valence electrons. The Hall–Kier alpha value is -1.63. The summed E-state index contributed by atoms with van der Waals surface area (Å²) in [7, 11) is 0. The van der Waals surface area contributed by atoms with Gasteiger partial charge in [0.05, 0.1) is 0 Å². The van der Waals surface area contributed by atoms with Gasteiger partial charge in [0.2, 0.25) is 0 Å². The Morgan fingerprint density at radius 2 is 0.660 bits per heavy atom. The molecule has 2 aromatic rings. The molecule has 53 heavy (non-hydrogen) atoms. The molecule has 0 bridgehead atoms. The molecule has 0 N–H and O–H groups in total. The van der Waals surface area contributed by atoms with Crippen molar-refractivity contribution in [2.45, 2.75) is 264 Å². The average molecular weight is 731 g/mol. The number of hydrogen-bond donors (Lipinski definition) is 0. The molecule has 0 aliphatic rings. The van der Waals surface area contributed by atoms with Gasteiger partial charge in [-0.1, -0.05) is 250 Å². The minimum absolute atomic E-state index is 1.13. The minimum atomic E-state index is 1.13. The van der Waals surface area contributed by atoms with E-state index < -0.39 is 0 Å². The summed E-state index contributed by atoms with van der Waals surface area (Å²) in [5, 5.41) is 0. The summed E-state index contributed by atoms with van der Waals surface area (Å²) in [5.74, 6) is 0. The van der Waals surface area contributed by atoms with Gasteiger partial charge in [-0.05, 0) is 43.2 Å². The highest BCUT2D eigenvalue weighted by atomic mass is 14.9. The van der Waals surface area contributed by atoms with Crippen molar-refractivity contribution in [2.24, 2.45) is 0 Å². The van der Waals surface area contributed by atoms with Gasteiger partial charge in [-0.25, -0.2) is 4.57 Å². The van der Waals surface area contributed by atoms with Crippen molar-refractivity contribution in [2.75, 3.05) is 0 Å². The number of unbranched alkanes of at least 4 members (excludes halogenated alkanes) is 32. The zero-order valence-corrected chi connectivity index (χ0v) is 36.1. The van der Waals surface area contributed by atoms with Gasteiger partial charge >= 0.3 is 0 Å². The highest BCUT2D eigenvalue weighted by Crippen LogP contribution is 2.19. The Morgan fingerprint density at radius 3 is 1.04 bits per heavy atom. The largest absolute Gasteiger partial charge is 0.205 e. The highest BCUT2D eigenvalue weighted by Gasteiger charge is 2.10. The third kappa shape index (κ3) is 29.3. The van der Waals surface area contributed by atoms with Gasteiger partial charge in [0.15, 0.2) is 12.4 Å². The molecule has 1 heteroatoms. The van der Waals surface area contributed by atoms with Crippen LogP contribution in [0.15, 0.2) is 48.8 Å². The molecule has 1 nitrogen and oxygen atoms in total. The molecular formula is C52H92N+. The molecule has 2 rings (SSSR count). The van der Waals surface area contributed by atoms with Crippen LogP contribution in [0.1, 0.15) is 255 Å². The van der Waals surface area contributed by atoms with Crippen LogP contribution in [-0.2, 0) is 25.8 Å². The van der Waals surface area contributed by atoms with E-state index in [-0.39, 0.29) is 0 Å². The fraction of sp³-hybridized carbons (Fsp3) is 0.788. The van der Waals surface area contributed by atoms with Gasteiger partial charge < -0.3 is 0 Å². The van der Waals surface area contributed by atoms with E-state index in [9.17, 15) is 0 Å². The van der Waals surface area contributed by atoms with Crippen LogP contribution in [0.3, 0.4) is 0 Å². The predicted octanol–water partition coefficient (Wildman–Crippen LogP) is 17.0. The van der Waals surface area contributed by atoms with Crippen LogP contribution in [-0.4, -0.2) is 0 Å².